The van der Waals surface area contributed by atoms with E-state index < -0.39 is 12.1 Å². The van der Waals surface area contributed by atoms with E-state index in [-0.39, 0.29) is 23.7 Å². The van der Waals surface area contributed by atoms with Gasteiger partial charge in [0.15, 0.2) is 5.13 Å². The van der Waals surface area contributed by atoms with Gasteiger partial charge in [0.2, 0.25) is 0 Å². The van der Waals surface area contributed by atoms with Crippen molar-refractivity contribution in [1.29, 1.82) is 0 Å². The highest BCUT2D eigenvalue weighted by molar-refractivity contribution is 7.22. The second kappa shape index (κ2) is 6.12. The number of carbonyl (C=O) groups is 1. The number of carboxylic acid groups (broad SMARTS) is 1. The summed E-state index contributed by atoms with van der Waals surface area (Å²) in [5.74, 6) is -0.395. The van der Waals surface area contributed by atoms with Crippen LogP contribution < -0.4 is 9.64 Å². The molecule has 0 amide bonds. The second-order valence-corrected chi connectivity index (χ2v) is 7.81. The molecule has 25 heavy (non-hydrogen) atoms. The summed E-state index contributed by atoms with van der Waals surface area (Å²) in [6.45, 7) is 5.57. The molecule has 3 atom stereocenters. The van der Waals surface area contributed by atoms with Gasteiger partial charge in [-0.25, -0.2) is 9.78 Å². The number of hydrogen-bond acceptors (Lipinski definition) is 7. The van der Waals surface area contributed by atoms with Crippen LogP contribution in [0.5, 0.6) is 5.75 Å². The number of nitrogens with zero attached hydrogens (tertiary/aromatic N) is 2. The minimum absolute atomic E-state index is 0.0305. The van der Waals surface area contributed by atoms with Gasteiger partial charge in [0.25, 0.3) is 0 Å². The highest BCUT2D eigenvalue weighted by atomic mass is 32.1. The summed E-state index contributed by atoms with van der Waals surface area (Å²) in [6.07, 6.45) is -0.474. The quantitative estimate of drug-likeness (QED) is 0.857. The number of aliphatic hydroxyl groups excluding tert-OH is 1. The van der Waals surface area contributed by atoms with E-state index in [1.54, 1.807) is 6.07 Å². The van der Waals surface area contributed by atoms with Crippen molar-refractivity contribution in [2.45, 2.75) is 32.2 Å². The fourth-order valence-electron chi connectivity index (χ4n) is 3.44. The molecule has 2 aliphatic heterocycles. The molecule has 0 bridgehead atoms. The predicted octanol–water partition coefficient (Wildman–Crippen LogP) is 1.98. The zero-order valence-electron chi connectivity index (χ0n) is 14.0. The molecule has 3 heterocycles. The minimum atomic E-state index is -0.988. The van der Waals surface area contributed by atoms with Crippen LogP contribution in [0.2, 0.25) is 0 Å². The van der Waals surface area contributed by atoms with Crippen molar-refractivity contribution in [1.82, 2.24) is 4.98 Å². The molecular weight excluding hydrogens is 344 g/mol. The Kier molecular flexibility index (Phi) is 4.05. The Morgan fingerprint density at radius 1 is 1.44 bits per heavy atom. The van der Waals surface area contributed by atoms with Crippen molar-refractivity contribution in [3.05, 3.63) is 17.7 Å². The van der Waals surface area contributed by atoms with Gasteiger partial charge in [-0.1, -0.05) is 11.3 Å². The number of benzene rings is 1. The molecule has 0 radical (unpaired) electrons. The molecule has 134 valence electrons. The number of anilines is 1. The summed E-state index contributed by atoms with van der Waals surface area (Å²) in [6, 6.07) is 3.16. The monoisotopic (exact) mass is 364 g/mol. The Morgan fingerprint density at radius 2 is 2.24 bits per heavy atom. The molecule has 1 unspecified atom stereocenters. The average molecular weight is 364 g/mol. The molecule has 7 nitrogen and oxygen atoms in total. The van der Waals surface area contributed by atoms with Crippen LogP contribution in [0, 0.1) is 5.92 Å². The SMILES string of the molecule is CC(C)Oc1cc(C(=O)O)cc2sc(N3C[C@@H]4OCC(O)[C@@H]4C3)nc12. The van der Waals surface area contributed by atoms with E-state index in [4.69, 9.17) is 9.47 Å². The standard InChI is InChI=1S/C17H20N2O5S/c1-8(2)24-12-3-9(16(21)22)4-14-15(12)18-17(25-14)19-5-10-11(20)7-23-13(10)6-19/h3-4,8,10-11,13,20H,5-7H2,1-2H3,(H,21,22)/t10-,11?,13-/m0/s1. The maximum atomic E-state index is 11.4. The summed E-state index contributed by atoms with van der Waals surface area (Å²) in [5, 5.41) is 20.1. The van der Waals surface area contributed by atoms with Crippen LogP contribution in [-0.2, 0) is 4.74 Å². The third-order valence-electron chi connectivity index (χ3n) is 4.61. The molecule has 0 spiro atoms. The lowest BCUT2D eigenvalue weighted by atomic mass is 10.0. The van der Waals surface area contributed by atoms with Gasteiger partial charge in [-0.3, -0.25) is 0 Å². The van der Waals surface area contributed by atoms with Crippen molar-refractivity contribution in [3.8, 4) is 5.75 Å². The number of hydrogen-bond donors (Lipinski definition) is 2. The van der Waals surface area contributed by atoms with E-state index in [1.807, 2.05) is 13.8 Å². The van der Waals surface area contributed by atoms with E-state index >= 15 is 0 Å². The van der Waals surface area contributed by atoms with Crippen LogP contribution in [0.15, 0.2) is 12.1 Å². The molecule has 2 saturated heterocycles. The van der Waals surface area contributed by atoms with Crippen LogP contribution in [0.1, 0.15) is 24.2 Å². The zero-order chi connectivity index (χ0) is 17.7. The van der Waals surface area contributed by atoms with Crippen molar-refractivity contribution >= 4 is 32.7 Å². The summed E-state index contributed by atoms with van der Waals surface area (Å²) in [5.41, 5.74) is 0.868. The molecule has 0 saturated carbocycles. The van der Waals surface area contributed by atoms with Crippen LogP contribution in [-0.4, -0.2) is 59.2 Å². The Hall–Kier alpha value is -1.90. The van der Waals surface area contributed by atoms with E-state index in [2.05, 4.69) is 9.88 Å². The molecular formula is C17H20N2O5S. The van der Waals surface area contributed by atoms with Crippen molar-refractivity contribution in [3.63, 3.8) is 0 Å². The first kappa shape index (κ1) is 16.6. The average Bonchev–Trinajstić information content (AvgIpc) is 3.22. The number of carboxylic acids is 1. The molecule has 4 rings (SSSR count). The fraction of sp³-hybridized carbons (Fsp3) is 0.529. The number of thiazole rings is 1. The second-order valence-electron chi connectivity index (χ2n) is 6.80. The Labute approximate surface area is 148 Å². The molecule has 1 aromatic carbocycles. The third-order valence-corrected chi connectivity index (χ3v) is 5.68. The number of aliphatic hydroxyl groups is 1. The summed E-state index contributed by atoms with van der Waals surface area (Å²) in [4.78, 5) is 18.2. The lowest BCUT2D eigenvalue weighted by Gasteiger charge is -2.16. The van der Waals surface area contributed by atoms with Crippen molar-refractivity contribution < 1.29 is 24.5 Å². The lowest BCUT2D eigenvalue weighted by molar-refractivity contribution is 0.0696. The third kappa shape index (κ3) is 2.94. The maximum absolute atomic E-state index is 11.4. The zero-order valence-corrected chi connectivity index (χ0v) is 14.8. The summed E-state index contributed by atoms with van der Waals surface area (Å²) < 4.78 is 12.2. The van der Waals surface area contributed by atoms with Gasteiger partial charge in [0.05, 0.1) is 35.2 Å². The summed E-state index contributed by atoms with van der Waals surface area (Å²) >= 11 is 1.44. The summed E-state index contributed by atoms with van der Waals surface area (Å²) in [7, 11) is 0. The van der Waals surface area contributed by atoms with E-state index in [9.17, 15) is 15.0 Å². The molecule has 2 fully saturated rings. The van der Waals surface area contributed by atoms with Crippen LogP contribution in [0.3, 0.4) is 0 Å². The Morgan fingerprint density at radius 3 is 2.92 bits per heavy atom. The van der Waals surface area contributed by atoms with Crippen LogP contribution in [0.25, 0.3) is 10.2 Å². The van der Waals surface area contributed by atoms with Gasteiger partial charge in [-0.2, -0.15) is 0 Å². The predicted molar refractivity (Wildman–Crippen MR) is 93.8 cm³/mol. The van der Waals surface area contributed by atoms with Crippen molar-refractivity contribution in [2.24, 2.45) is 5.92 Å². The molecule has 1 aromatic heterocycles. The molecule has 2 aromatic rings. The highest BCUT2D eigenvalue weighted by Crippen LogP contribution is 2.39. The first-order valence-electron chi connectivity index (χ1n) is 8.31. The molecule has 2 N–H and O–H groups in total. The maximum Gasteiger partial charge on any atom is 0.335 e. The first-order valence-corrected chi connectivity index (χ1v) is 9.13. The lowest BCUT2D eigenvalue weighted by Crippen LogP contribution is -2.25. The fourth-order valence-corrected chi connectivity index (χ4v) is 4.48. The van der Waals surface area contributed by atoms with Crippen molar-refractivity contribution in [2.75, 3.05) is 24.6 Å². The first-order chi connectivity index (χ1) is 11.9. The van der Waals surface area contributed by atoms with Gasteiger partial charge in [-0.05, 0) is 26.0 Å². The Bertz CT molecular complexity index is 821. The van der Waals surface area contributed by atoms with Crippen LogP contribution >= 0.6 is 11.3 Å². The molecule has 2 aliphatic rings. The number of fused-ring (bicyclic) bond motifs is 2. The smallest absolute Gasteiger partial charge is 0.335 e. The van der Waals surface area contributed by atoms with E-state index in [1.165, 1.54) is 17.4 Å². The normalized spacial score (nSPS) is 25.8. The van der Waals surface area contributed by atoms with E-state index in [0.717, 1.165) is 9.83 Å². The van der Waals surface area contributed by atoms with Gasteiger partial charge in [0.1, 0.15) is 11.3 Å². The Balaban J connectivity index is 1.71. The van der Waals surface area contributed by atoms with Gasteiger partial charge in [-0.15, -0.1) is 0 Å². The number of aromatic carboxylic acids is 1. The number of ether oxygens (including phenoxy) is 2. The largest absolute Gasteiger partial charge is 0.489 e. The molecule has 8 heteroatoms. The van der Waals surface area contributed by atoms with Gasteiger partial charge >= 0.3 is 5.97 Å². The minimum Gasteiger partial charge on any atom is -0.489 e. The highest BCUT2D eigenvalue weighted by Gasteiger charge is 2.44. The van der Waals surface area contributed by atoms with Gasteiger partial charge in [0, 0.05) is 19.0 Å². The topological polar surface area (TPSA) is 92.1 Å². The number of rotatable bonds is 4. The molecule has 0 aliphatic carbocycles. The van der Waals surface area contributed by atoms with Gasteiger partial charge < -0.3 is 24.6 Å². The van der Waals surface area contributed by atoms with Crippen LogP contribution in [0.4, 0.5) is 5.13 Å². The number of aromatic nitrogens is 1. The van der Waals surface area contributed by atoms with E-state index in [0.29, 0.717) is 31.0 Å².